The average molecular weight is 588 g/mol. The Kier molecular flexibility index (Phi) is 9.39. The van der Waals surface area contributed by atoms with Gasteiger partial charge in [-0.3, -0.25) is 19.3 Å². The second-order valence-electron chi connectivity index (χ2n) is 9.36. The number of ether oxygens (including phenoxy) is 1. The smallest absolute Gasteiger partial charge is 0.248 e. The van der Waals surface area contributed by atoms with Gasteiger partial charge in [0.05, 0.1) is 11.8 Å². The summed E-state index contributed by atoms with van der Waals surface area (Å²) in [4.78, 5) is 44.0. The monoisotopic (exact) mass is 586 g/mol. The molecule has 37 heavy (non-hydrogen) atoms. The number of aliphatic imine (C=N–C) groups is 1. The maximum Gasteiger partial charge on any atom is 0.248 e. The van der Waals surface area contributed by atoms with Crippen LogP contribution in [0.2, 0.25) is 0 Å². The van der Waals surface area contributed by atoms with Crippen molar-refractivity contribution >= 4 is 56.3 Å². The normalized spacial score (nSPS) is 22.9. The number of primary amides is 1. The van der Waals surface area contributed by atoms with Crippen LogP contribution in [-0.2, 0) is 20.9 Å². The van der Waals surface area contributed by atoms with Gasteiger partial charge in [0.2, 0.25) is 17.7 Å². The number of nitrogens with two attached hydrogens (primary N) is 1. The minimum absolute atomic E-state index is 0.0710. The SMILES string of the molecule is COC1CCCC(CN2C(=O)C(CC(=O)NCc3ccc(Br)cc3)SC2=Nc2ccc(C(N)=O)cc2)C1. The molecule has 3 N–H and O–H groups in total. The molecule has 0 bridgehead atoms. The highest BCUT2D eigenvalue weighted by atomic mass is 79.9. The van der Waals surface area contributed by atoms with E-state index < -0.39 is 11.2 Å². The van der Waals surface area contributed by atoms with E-state index in [-0.39, 0.29) is 24.3 Å². The lowest BCUT2D eigenvalue weighted by atomic mass is 9.87. The molecule has 4 rings (SSSR count). The predicted octanol–water partition coefficient (Wildman–Crippen LogP) is 4.39. The number of carbonyl (C=O) groups excluding carboxylic acids is 3. The van der Waals surface area contributed by atoms with E-state index in [4.69, 9.17) is 15.5 Å². The molecule has 0 aromatic heterocycles. The Bertz CT molecular complexity index is 1160. The number of halogens is 1. The number of amides is 3. The molecule has 2 aliphatic rings. The zero-order valence-corrected chi connectivity index (χ0v) is 23.1. The van der Waals surface area contributed by atoms with Crippen LogP contribution >= 0.6 is 27.7 Å². The number of carbonyl (C=O) groups is 3. The third-order valence-electron chi connectivity index (χ3n) is 6.68. The minimum Gasteiger partial charge on any atom is -0.381 e. The third kappa shape index (κ3) is 7.43. The number of amidine groups is 1. The van der Waals surface area contributed by atoms with E-state index in [0.29, 0.717) is 35.4 Å². The molecule has 3 atom stereocenters. The Balaban J connectivity index is 1.47. The third-order valence-corrected chi connectivity index (χ3v) is 8.38. The molecule has 196 valence electrons. The van der Waals surface area contributed by atoms with Crippen LogP contribution in [0.15, 0.2) is 58.0 Å². The van der Waals surface area contributed by atoms with Crippen LogP contribution in [0.5, 0.6) is 0 Å². The summed E-state index contributed by atoms with van der Waals surface area (Å²) >= 11 is 4.72. The van der Waals surface area contributed by atoms with Crippen LogP contribution in [0.25, 0.3) is 0 Å². The lowest BCUT2D eigenvalue weighted by Crippen LogP contribution is -2.39. The summed E-state index contributed by atoms with van der Waals surface area (Å²) in [7, 11) is 1.73. The fourth-order valence-electron chi connectivity index (χ4n) is 4.63. The molecule has 8 nitrogen and oxygen atoms in total. The van der Waals surface area contributed by atoms with Crippen molar-refractivity contribution in [3.63, 3.8) is 0 Å². The summed E-state index contributed by atoms with van der Waals surface area (Å²) < 4.78 is 6.55. The van der Waals surface area contributed by atoms with Crippen LogP contribution in [0, 0.1) is 5.92 Å². The molecule has 0 spiro atoms. The fourth-order valence-corrected chi connectivity index (χ4v) is 6.06. The second kappa shape index (κ2) is 12.7. The standard InChI is InChI=1S/C27H31BrN4O4S/c1-36-22-4-2-3-18(13-22)16-32-26(35)23(14-24(33)30-15-17-5-9-20(28)10-6-17)37-27(32)31-21-11-7-19(8-12-21)25(29)34/h5-12,18,22-23H,2-4,13-16H2,1H3,(H2,29,34)(H,30,33). The lowest BCUT2D eigenvalue weighted by molar-refractivity contribution is -0.130. The number of rotatable bonds is 9. The van der Waals surface area contributed by atoms with Crippen molar-refractivity contribution in [2.24, 2.45) is 16.6 Å². The Labute approximate surface area is 229 Å². The molecular formula is C27H31BrN4O4S. The average Bonchev–Trinajstić information content (AvgIpc) is 3.17. The summed E-state index contributed by atoms with van der Waals surface area (Å²) in [6.07, 6.45) is 4.27. The second-order valence-corrected chi connectivity index (χ2v) is 11.4. The van der Waals surface area contributed by atoms with Crippen LogP contribution in [0.3, 0.4) is 0 Å². The van der Waals surface area contributed by atoms with Gasteiger partial charge in [0.15, 0.2) is 5.17 Å². The topological polar surface area (TPSA) is 114 Å². The Morgan fingerprint density at radius 3 is 2.57 bits per heavy atom. The predicted molar refractivity (Wildman–Crippen MR) is 149 cm³/mol. The van der Waals surface area contributed by atoms with Crippen LogP contribution in [0.4, 0.5) is 5.69 Å². The molecule has 1 aliphatic heterocycles. The van der Waals surface area contributed by atoms with E-state index in [2.05, 4.69) is 21.2 Å². The van der Waals surface area contributed by atoms with Crippen LogP contribution < -0.4 is 11.1 Å². The first-order chi connectivity index (χ1) is 17.8. The Morgan fingerprint density at radius 2 is 1.89 bits per heavy atom. The van der Waals surface area contributed by atoms with Gasteiger partial charge in [-0.2, -0.15) is 0 Å². The molecule has 1 aliphatic carbocycles. The van der Waals surface area contributed by atoms with Gasteiger partial charge in [-0.1, -0.05) is 46.2 Å². The molecule has 3 amide bonds. The van der Waals surface area contributed by atoms with Crippen LogP contribution in [0.1, 0.15) is 48.0 Å². The quantitative estimate of drug-likeness (QED) is 0.452. The number of methoxy groups -OCH3 is 1. The van der Waals surface area contributed by atoms with Gasteiger partial charge < -0.3 is 15.8 Å². The first-order valence-corrected chi connectivity index (χ1v) is 14.0. The highest BCUT2D eigenvalue weighted by Crippen LogP contribution is 2.35. The van der Waals surface area contributed by atoms with Gasteiger partial charge in [0.25, 0.3) is 0 Å². The number of thioether (sulfide) groups is 1. The number of hydrogen-bond acceptors (Lipinski definition) is 6. The first-order valence-electron chi connectivity index (χ1n) is 12.3. The summed E-state index contributed by atoms with van der Waals surface area (Å²) in [5.74, 6) is -0.491. The zero-order valence-electron chi connectivity index (χ0n) is 20.7. The van der Waals surface area contributed by atoms with Crippen molar-refractivity contribution in [1.82, 2.24) is 10.2 Å². The molecule has 1 saturated carbocycles. The largest absolute Gasteiger partial charge is 0.381 e. The van der Waals surface area contributed by atoms with Gasteiger partial charge in [-0.25, -0.2) is 4.99 Å². The highest BCUT2D eigenvalue weighted by Gasteiger charge is 2.40. The molecule has 2 aromatic rings. The summed E-state index contributed by atoms with van der Waals surface area (Å²) in [5, 5.41) is 2.94. The zero-order chi connectivity index (χ0) is 26.4. The van der Waals surface area contributed by atoms with E-state index in [1.165, 1.54) is 11.8 Å². The molecule has 1 heterocycles. The number of nitrogens with zero attached hydrogens (tertiary/aromatic N) is 2. The molecule has 0 radical (unpaired) electrons. The van der Waals surface area contributed by atoms with E-state index in [0.717, 1.165) is 35.7 Å². The van der Waals surface area contributed by atoms with Crippen molar-refractivity contribution in [3.8, 4) is 0 Å². The first kappa shape index (κ1) is 27.3. The fraction of sp³-hybridized carbons (Fsp3) is 0.407. The van der Waals surface area contributed by atoms with Gasteiger partial charge in [0.1, 0.15) is 5.25 Å². The molecule has 10 heteroatoms. The molecular weight excluding hydrogens is 556 g/mol. The van der Waals surface area contributed by atoms with Crippen molar-refractivity contribution in [2.75, 3.05) is 13.7 Å². The molecule has 3 unspecified atom stereocenters. The number of nitrogens with one attached hydrogen (secondary N) is 1. The lowest BCUT2D eigenvalue weighted by Gasteiger charge is -2.31. The van der Waals surface area contributed by atoms with Crippen molar-refractivity contribution in [1.29, 1.82) is 0 Å². The number of benzene rings is 2. The number of hydrogen-bond donors (Lipinski definition) is 2. The van der Waals surface area contributed by atoms with E-state index in [1.54, 1.807) is 36.3 Å². The molecule has 1 saturated heterocycles. The van der Waals surface area contributed by atoms with Gasteiger partial charge in [-0.15, -0.1) is 0 Å². The van der Waals surface area contributed by atoms with E-state index in [1.807, 2.05) is 24.3 Å². The highest BCUT2D eigenvalue weighted by molar-refractivity contribution is 9.10. The minimum atomic E-state index is -0.546. The summed E-state index contributed by atoms with van der Waals surface area (Å²) in [6.45, 7) is 0.940. The van der Waals surface area contributed by atoms with Crippen molar-refractivity contribution in [2.45, 2.75) is 50.0 Å². The Hall–Kier alpha value is -2.69. The van der Waals surface area contributed by atoms with Crippen LogP contribution in [-0.4, -0.2) is 52.8 Å². The summed E-state index contributed by atoms with van der Waals surface area (Å²) in [6, 6.07) is 14.4. The van der Waals surface area contributed by atoms with Crippen molar-refractivity contribution < 1.29 is 19.1 Å². The maximum absolute atomic E-state index is 13.5. The molecule has 2 fully saturated rings. The van der Waals surface area contributed by atoms with Gasteiger partial charge in [-0.05, 0) is 67.1 Å². The van der Waals surface area contributed by atoms with E-state index >= 15 is 0 Å². The maximum atomic E-state index is 13.5. The Morgan fingerprint density at radius 1 is 1.16 bits per heavy atom. The molecule has 2 aromatic carbocycles. The van der Waals surface area contributed by atoms with Crippen molar-refractivity contribution in [3.05, 3.63) is 64.1 Å². The van der Waals surface area contributed by atoms with Gasteiger partial charge >= 0.3 is 0 Å². The summed E-state index contributed by atoms with van der Waals surface area (Å²) in [5.41, 5.74) is 7.33. The van der Waals surface area contributed by atoms with Gasteiger partial charge in [0, 0.05) is 36.7 Å². The van der Waals surface area contributed by atoms with E-state index in [9.17, 15) is 14.4 Å².